The standard InChI is InChI=1S/C13H7BrCl3F/c14-6-7-1-8(3-10(18)2-7)11-4-9(15)5-12(16)13(11)17/h1-5H,6H2. The molecule has 0 aliphatic rings. The second kappa shape index (κ2) is 5.79. The third-order valence-electron chi connectivity index (χ3n) is 2.42. The first-order chi connectivity index (χ1) is 8.51. The summed E-state index contributed by atoms with van der Waals surface area (Å²) < 4.78 is 13.5. The molecule has 2 aromatic carbocycles. The van der Waals surface area contributed by atoms with Crippen LogP contribution in [0, 0.1) is 5.82 Å². The van der Waals surface area contributed by atoms with E-state index in [2.05, 4.69) is 15.9 Å². The van der Waals surface area contributed by atoms with Crippen LogP contribution in [0.4, 0.5) is 4.39 Å². The van der Waals surface area contributed by atoms with Crippen LogP contribution >= 0.6 is 50.7 Å². The van der Waals surface area contributed by atoms with Crippen LogP contribution < -0.4 is 0 Å². The Bertz CT molecular complexity index is 599. The lowest BCUT2D eigenvalue weighted by Crippen LogP contribution is -1.87. The smallest absolute Gasteiger partial charge is 0.124 e. The van der Waals surface area contributed by atoms with E-state index in [0.717, 1.165) is 5.56 Å². The van der Waals surface area contributed by atoms with E-state index in [1.165, 1.54) is 12.1 Å². The summed E-state index contributed by atoms with van der Waals surface area (Å²) in [5, 5.41) is 1.74. The first-order valence-electron chi connectivity index (χ1n) is 5.01. The molecule has 0 fully saturated rings. The average Bonchev–Trinajstić information content (AvgIpc) is 2.32. The third-order valence-corrected chi connectivity index (χ3v) is 4.08. The number of halogens is 5. The normalized spacial score (nSPS) is 10.7. The fraction of sp³-hybridized carbons (Fsp3) is 0.0769. The minimum Gasteiger partial charge on any atom is -0.207 e. The van der Waals surface area contributed by atoms with Gasteiger partial charge in [-0.1, -0.05) is 56.8 Å². The van der Waals surface area contributed by atoms with Crippen molar-refractivity contribution in [3.63, 3.8) is 0 Å². The number of alkyl halides is 1. The first-order valence-corrected chi connectivity index (χ1v) is 7.27. The van der Waals surface area contributed by atoms with E-state index < -0.39 is 0 Å². The van der Waals surface area contributed by atoms with Gasteiger partial charge in [0.1, 0.15) is 5.82 Å². The molecule has 0 amide bonds. The van der Waals surface area contributed by atoms with Crippen LogP contribution in [-0.2, 0) is 5.33 Å². The predicted octanol–water partition coefficient (Wildman–Crippen LogP) is 6.35. The zero-order valence-electron chi connectivity index (χ0n) is 8.98. The van der Waals surface area contributed by atoms with Crippen molar-refractivity contribution in [1.29, 1.82) is 0 Å². The molecule has 0 aromatic heterocycles. The summed E-state index contributed by atoms with van der Waals surface area (Å²) in [5.41, 5.74) is 2.09. The Hall–Kier alpha value is -0.280. The van der Waals surface area contributed by atoms with E-state index in [-0.39, 0.29) is 5.82 Å². The second-order valence-electron chi connectivity index (χ2n) is 3.73. The number of hydrogen-bond donors (Lipinski definition) is 0. The summed E-state index contributed by atoms with van der Waals surface area (Å²) in [6, 6.07) is 7.92. The molecule has 0 saturated carbocycles. The summed E-state index contributed by atoms with van der Waals surface area (Å²) in [7, 11) is 0. The highest BCUT2D eigenvalue weighted by molar-refractivity contribution is 9.08. The molecule has 0 spiro atoms. The SMILES string of the molecule is Fc1cc(CBr)cc(-c2cc(Cl)cc(Cl)c2Cl)c1. The maximum atomic E-state index is 13.5. The summed E-state index contributed by atoms with van der Waals surface area (Å²) >= 11 is 21.3. The number of rotatable bonds is 2. The molecule has 18 heavy (non-hydrogen) atoms. The fourth-order valence-corrected chi connectivity index (χ4v) is 2.68. The van der Waals surface area contributed by atoms with Crippen molar-refractivity contribution in [2.45, 2.75) is 5.33 Å². The molecule has 0 heterocycles. The van der Waals surface area contributed by atoms with Gasteiger partial charge in [0.05, 0.1) is 10.0 Å². The highest BCUT2D eigenvalue weighted by atomic mass is 79.9. The van der Waals surface area contributed by atoms with Crippen LogP contribution in [0.5, 0.6) is 0 Å². The number of hydrogen-bond acceptors (Lipinski definition) is 0. The highest BCUT2D eigenvalue weighted by Gasteiger charge is 2.11. The second-order valence-corrected chi connectivity index (χ2v) is 5.51. The van der Waals surface area contributed by atoms with E-state index in [4.69, 9.17) is 34.8 Å². The third kappa shape index (κ3) is 3.00. The lowest BCUT2D eigenvalue weighted by Gasteiger charge is -2.09. The van der Waals surface area contributed by atoms with E-state index in [1.807, 2.05) is 6.07 Å². The van der Waals surface area contributed by atoms with Crippen LogP contribution in [-0.4, -0.2) is 0 Å². The van der Waals surface area contributed by atoms with Gasteiger partial charge >= 0.3 is 0 Å². The van der Waals surface area contributed by atoms with Crippen LogP contribution in [0.25, 0.3) is 11.1 Å². The zero-order valence-corrected chi connectivity index (χ0v) is 12.8. The minimum atomic E-state index is -0.325. The van der Waals surface area contributed by atoms with Gasteiger partial charge in [-0.2, -0.15) is 0 Å². The van der Waals surface area contributed by atoms with E-state index in [9.17, 15) is 4.39 Å². The molecule has 2 aromatic rings. The van der Waals surface area contributed by atoms with Gasteiger partial charge in [0.2, 0.25) is 0 Å². The maximum absolute atomic E-state index is 13.5. The van der Waals surface area contributed by atoms with E-state index in [0.29, 0.717) is 31.5 Å². The molecule has 0 nitrogen and oxygen atoms in total. The largest absolute Gasteiger partial charge is 0.207 e. The van der Waals surface area contributed by atoms with Crippen molar-refractivity contribution in [3.8, 4) is 11.1 Å². The van der Waals surface area contributed by atoms with Crippen molar-refractivity contribution in [3.05, 3.63) is 56.8 Å². The Morgan fingerprint density at radius 2 is 1.72 bits per heavy atom. The topological polar surface area (TPSA) is 0 Å². The van der Waals surface area contributed by atoms with Gasteiger partial charge in [0, 0.05) is 15.9 Å². The quantitative estimate of drug-likeness (QED) is 0.428. The van der Waals surface area contributed by atoms with Crippen molar-refractivity contribution < 1.29 is 4.39 Å². The molecule has 0 aliphatic carbocycles. The van der Waals surface area contributed by atoms with Gasteiger partial charge < -0.3 is 0 Å². The van der Waals surface area contributed by atoms with Crippen molar-refractivity contribution in [2.24, 2.45) is 0 Å². The Morgan fingerprint density at radius 1 is 1.00 bits per heavy atom. The van der Waals surface area contributed by atoms with Crippen LogP contribution in [0.2, 0.25) is 15.1 Å². The Morgan fingerprint density at radius 3 is 2.39 bits per heavy atom. The Balaban J connectivity index is 2.65. The molecule has 5 heteroatoms. The molecule has 0 saturated heterocycles. The molecule has 0 N–H and O–H groups in total. The predicted molar refractivity (Wildman–Crippen MR) is 79.5 cm³/mol. The minimum absolute atomic E-state index is 0.325. The lowest BCUT2D eigenvalue weighted by molar-refractivity contribution is 0.627. The van der Waals surface area contributed by atoms with Gasteiger partial charge in [-0.3, -0.25) is 0 Å². The number of benzene rings is 2. The average molecular weight is 368 g/mol. The van der Waals surface area contributed by atoms with Crippen molar-refractivity contribution in [2.75, 3.05) is 0 Å². The zero-order chi connectivity index (χ0) is 13.3. The van der Waals surface area contributed by atoms with Crippen LogP contribution in [0.15, 0.2) is 30.3 Å². The molecule has 0 unspecified atom stereocenters. The van der Waals surface area contributed by atoms with Gasteiger partial charge in [0.25, 0.3) is 0 Å². The molecule has 0 atom stereocenters. The lowest BCUT2D eigenvalue weighted by atomic mass is 10.0. The van der Waals surface area contributed by atoms with E-state index in [1.54, 1.807) is 12.1 Å². The van der Waals surface area contributed by atoms with Gasteiger partial charge in [-0.05, 0) is 35.4 Å². The van der Waals surface area contributed by atoms with E-state index >= 15 is 0 Å². The van der Waals surface area contributed by atoms with Crippen molar-refractivity contribution >= 4 is 50.7 Å². The van der Waals surface area contributed by atoms with Crippen molar-refractivity contribution in [1.82, 2.24) is 0 Å². The molecular formula is C13H7BrCl3F. The first kappa shape index (κ1) is 14.1. The molecule has 2 rings (SSSR count). The highest BCUT2D eigenvalue weighted by Crippen LogP contribution is 2.37. The Labute approximate surface area is 128 Å². The maximum Gasteiger partial charge on any atom is 0.124 e. The van der Waals surface area contributed by atoms with Crippen LogP contribution in [0.1, 0.15) is 5.56 Å². The van der Waals surface area contributed by atoms with Gasteiger partial charge in [0.15, 0.2) is 0 Å². The summed E-state index contributed by atoms with van der Waals surface area (Å²) in [5.74, 6) is -0.325. The summed E-state index contributed by atoms with van der Waals surface area (Å²) in [6.07, 6.45) is 0. The summed E-state index contributed by atoms with van der Waals surface area (Å²) in [6.45, 7) is 0. The molecule has 94 valence electrons. The molecule has 0 radical (unpaired) electrons. The fourth-order valence-electron chi connectivity index (χ4n) is 1.65. The monoisotopic (exact) mass is 366 g/mol. The molecular weight excluding hydrogens is 361 g/mol. The molecule has 0 aliphatic heterocycles. The Kier molecular flexibility index (Phi) is 4.54. The van der Waals surface area contributed by atoms with Gasteiger partial charge in [-0.15, -0.1) is 0 Å². The van der Waals surface area contributed by atoms with Crippen LogP contribution in [0.3, 0.4) is 0 Å². The molecule has 0 bridgehead atoms. The summed E-state index contributed by atoms with van der Waals surface area (Å²) in [4.78, 5) is 0. The van der Waals surface area contributed by atoms with Gasteiger partial charge in [-0.25, -0.2) is 4.39 Å².